The van der Waals surface area contributed by atoms with Gasteiger partial charge in [-0.3, -0.25) is 0 Å². The van der Waals surface area contributed by atoms with Gasteiger partial charge in [0.15, 0.2) is 0 Å². The van der Waals surface area contributed by atoms with E-state index in [2.05, 4.69) is 52.5 Å². The predicted octanol–water partition coefficient (Wildman–Crippen LogP) is 4.82. The molecular formula is C12H10Br3NO2S2. The summed E-state index contributed by atoms with van der Waals surface area (Å²) in [7, 11) is -3.55. The van der Waals surface area contributed by atoms with E-state index in [0.29, 0.717) is 4.47 Å². The first-order valence-electron chi connectivity index (χ1n) is 5.48. The minimum Gasteiger partial charge on any atom is -0.207 e. The monoisotopic (exact) mass is 501 g/mol. The topological polar surface area (TPSA) is 46.2 Å². The SMILES string of the molecule is Cc1cc(Br)c(S(=O)(=O)NCc2cc(Br)cs2)cc1Br. The van der Waals surface area contributed by atoms with E-state index in [9.17, 15) is 8.42 Å². The standard InChI is InChI=1S/C12H10Br3NO2S2/c1-7-2-11(15)12(4-10(7)14)20(17,18)16-5-9-3-8(13)6-19-9/h2-4,6,16H,5H2,1H3. The summed E-state index contributed by atoms with van der Waals surface area (Å²) in [4.78, 5) is 1.17. The summed E-state index contributed by atoms with van der Waals surface area (Å²) in [5.74, 6) is 0. The summed E-state index contributed by atoms with van der Waals surface area (Å²) in [6.07, 6.45) is 0. The van der Waals surface area contributed by atoms with E-state index in [0.717, 1.165) is 19.4 Å². The maximum atomic E-state index is 12.3. The molecule has 8 heteroatoms. The minimum absolute atomic E-state index is 0.227. The molecule has 20 heavy (non-hydrogen) atoms. The average molecular weight is 504 g/mol. The third-order valence-corrected chi connectivity index (χ3v) is 7.47. The van der Waals surface area contributed by atoms with Gasteiger partial charge in [0.05, 0.1) is 4.90 Å². The van der Waals surface area contributed by atoms with Gasteiger partial charge < -0.3 is 0 Å². The van der Waals surface area contributed by atoms with Crippen LogP contribution in [0.4, 0.5) is 0 Å². The molecule has 0 aliphatic carbocycles. The molecular weight excluding hydrogens is 494 g/mol. The van der Waals surface area contributed by atoms with E-state index in [-0.39, 0.29) is 11.4 Å². The van der Waals surface area contributed by atoms with Crippen molar-refractivity contribution in [1.29, 1.82) is 0 Å². The number of benzene rings is 1. The molecule has 0 spiro atoms. The van der Waals surface area contributed by atoms with Crippen LogP contribution in [-0.4, -0.2) is 8.42 Å². The molecule has 0 unspecified atom stereocenters. The highest BCUT2D eigenvalue weighted by molar-refractivity contribution is 9.11. The van der Waals surface area contributed by atoms with Crippen LogP contribution in [0.25, 0.3) is 0 Å². The van der Waals surface area contributed by atoms with Crippen molar-refractivity contribution in [1.82, 2.24) is 4.72 Å². The molecule has 1 aromatic heterocycles. The predicted molar refractivity (Wildman–Crippen MR) is 92.6 cm³/mol. The Morgan fingerprint density at radius 2 is 1.85 bits per heavy atom. The van der Waals surface area contributed by atoms with Crippen LogP contribution in [0.1, 0.15) is 10.4 Å². The van der Waals surface area contributed by atoms with Crippen LogP contribution in [0.2, 0.25) is 0 Å². The zero-order valence-corrected chi connectivity index (χ0v) is 16.7. The van der Waals surface area contributed by atoms with E-state index < -0.39 is 10.0 Å². The molecule has 0 fully saturated rings. The van der Waals surface area contributed by atoms with Gasteiger partial charge in [-0.15, -0.1) is 11.3 Å². The quantitative estimate of drug-likeness (QED) is 0.650. The Hall–Kier alpha value is 0.270. The van der Waals surface area contributed by atoms with Gasteiger partial charge in [0.25, 0.3) is 0 Å². The van der Waals surface area contributed by atoms with Gasteiger partial charge in [0.1, 0.15) is 0 Å². The van der Waals surface area contributed by atoms with Gasteiger partial charge >= 0.3 is 0 Å². The first-order chi connectivity index (χ1) is 9.29. The highest BCUT2D eigenvalue weighted by Gasteiger charge is 2.19. The van der Waals surface area contributed by atoms with E-state index in [1.54, 1.807) is 12.1 Å². The molecule has 1 N–H and O–H groups in total. The average Bonchev–Trinajstić information content (AvgIpc) is 2.77. The normalized spacial score (nSPS) is 11.8. The van der Waals surface area contributed by atoms with Crippen LogP contribution in [0.5, 0.6) is 0 Å². The van der Waals surface area contributed by atoms with Crippen molar-refractivity contribution in [2.24, 2.45) is 0 Å². The third kappa shape index (κ3) is 3.92. The van der Waals surface area contributed by atoms with Crippen LogP contribution >= 0.6 is 59.1 Å². The maximum Gasteiger partial charge on any atom is 0.242 e. The van der Waals surface area contributed by atoms with E-state index in [1.165, 1.54) is 11.3 Å². The van der Waals surface area contributed by atoms with Crippen LogP contribution in [0, 0.1) is 6.92 Å². The summed E-state index contributed by atoms with van der Waals surface area (Å²) in [6, 6.07) is 5.28. The van der Waals surface area contributed by atoms with Gasteiger partial charge in [-0.25, -0.2) is 13.1 Å². The smallest absolute Gasteiger partial charge is 0.207 e. The summed E-state index contributed by atoms with van der Waals surface area (Å²) >= 11 is 11.5. The summed E-state index contributed by atoms with van der Waals surface area (Å²) in [6.45, 7) is 2.18. The van der Waals surface area contributed by atoms with Crippen molar-refractivity contribution >= 4 is 69.1 Å². The molecule has 108 valence electrons. The van der Waals surface area contributed by atoms with Crippen LogP contribution in [0.3, 0.4) is 0 Å². The maximum absolute atomic E-state index is 12.3. The van der Waals surface area contributed by atoms with Crippen molar-refractivity contribution in [3.05, 3.63) is 47.4 Å². The Kier molecular flexibility index (Phi) is 5.47. The fourth-order valence-electron chi connectivity index (χ4n) is 1.52. The molecule has 0 saturated carbocycles. The van der Waals surface area contributed by atoms with Gasteiger partial charge in [-0.2, -0.15) is 0 Å². The Morgan fingerprint density at radius 3 is 2.45 bits per heavy atom. The van der Waals surface area contributed by atoms with Crippen molar-refractivity contribution < 1.29 is 8.42 Å². The lowest BCUT2D eigenvalue weighted by Gasteiger charge is -2.09. The van der Waals surface area contributed by atoms with Crippen molar-refractivity contribution in [2.45, 2.75) is 18.4 Å². The highest BCUT2D eigenvalue weighted by atomic mass is 79.9. The van der Waals surface area contributed by atoms with Crippen LogP contribution < -0.4 is 4.72 Å². The minimum atomic E-state index is -3.55. The number of rotatable bonds is 4. The lowest BCUT2D eigenvalue weighted by molar-refractivity contribution is 0.581. The second-order valence-electron chi connectivity index (χ2n) is 4.09. The van der Waals surface area contributed by atoms with Crippen molar-refractivity contribution in [3.63, 3.8) is 0 Å². The number of hydrogen-bond acceptors (Lipinski definition) is 3. The van der Waals surface area contributed by atoms with Gasteiger partial charge in [-0.05, 0) is 62.5 Å². The molecule has 0 aliphatic heterocycles. The molecule has 0 saturated heterocycles. The number of halogens is 3. The van der Waals surface area contributed by atoms with E-state index in [1.807, 2.05) is 18.4 Å². The lowest BCUT2D eigenvalue weighted by atomic mass is 10.2. The summed E-state index contributed by atoms with van der Waals surface area (Å²) in [5, 5.41) is 1.92. The zero-order valence-electron chi connectivity index (χ0n) is 10.3. The Balaban J connectivity index is 2.24. The molecule has 0 radical (unpaired) electrons. The first-order valence-corrected chi connectivity index (χ1v) is 10.2. The lowest BCUT2D eigenvalue weighted by Crippen LogP contribution is -2.23. The largest absolute Gasteiger partial charge is 0.242 e. The number of hydrogen-bond donors (Lipinski definition) is 1. The molecule has 3 nitrogen and oxygen atoms in total. The van der Waals surface area contributed by atoms with Gasteiger partial charge in [0.2, 0.25) is 10.0 Å². The number of thiophene rings is 1. The second kappa shape index (κ2) is 6.58. The second-order valence-corrected chi connectivity index (χ2v) is 9.44. The van der Waals surface area contributed by atoms with Crippen LogP contribution in [0.15, 0.2) is 41.9 Å². The fourth-order valence-corrected chi connectivity index (χ4v) is 5.69. The first kappa shape index (κ1) is 16.6. The molecule has 2 rings (SSSR count). The summed E-state index contributed by atoms with van der Waals surface area (Å²) in [5.41, 5.74) is 0.970. The number of aryl methyl sites for hydroxylation is 1. The summed E-state index contributed by atoms with van der Waals surface area (Å²) < 4.78 is 29.5. The molecule has 0 amide bonds. The number of nitrogens with one attached hydrogen (secondary N) is 1. The Morgan fingerprint density at radius 1 is 1.15 bits per heavy atom. The highest BCUT2D eigenvalue weighted by Crippen LogP contribution is 2.29. The van der Waals surface area contributed by atoms with Gasteiger partial charge in [-0.1, -0.05) is 15.9 Å². The van der Waals surface area contributed by atoms with Gasteiger partial charge in [0, 0.05) is 30.2 Å². The molecule has 1 heterocycles. The van der Waals surface area contributed by atoms with Crippen LogP contribution in [-0.2, 0) is 16.6 Å². The Labute approximate surface area is 147 Å². The third-order valence-electron chi connectivity index (χ3n) is 2.56. The zero-order chi connectivity index (χ0) is 14.9. The fraction of sp³-hybridized carbons (Fsp3) is 0.167. The van der Waals surface area contributed by atoms with E-state index in [4.69, 9.17) is 0 Å². The molecule has 0 atom stereocenters. The van der Waals surface area contributed by atoms with E-state index >= 15 is 0 Å². The molecule has 0 aliphatic rings. The number of sulfonamides is 1. The van der Waals surface area contributed by atoms with Crippen molar-refractivity contribution in [3.8, 4) is 0 Å². The van der Waals surface area contributed by atoms with Crippen molar-refractivity contribution in [2.75, 3.05) is 0 Å². The molecule has 2 aromatic rings. The Bertz CT molecular complexity index is 741. The molecule has 0 bridgehead atoms. The molecule has 1 aromatic carbocycles.